The summed E-state index contributed by atoms with van der Waals surface area (Å²) in [6.45, 7) is 3.27. The summed E-state index contributed by atoms with van der Waals surface area (Å²) in [6, 6.07) is 12.4. The van der Waals surface area contributed by atoms with Gasteiger partial charge in [0.05, 0.1) is 24.9 Å². The topological polar surface area (TPSA) is 100 Å². The molecule has 2 fully saturated rings. The van der Waals surface area contributed by atoms with Gasteiger partial charge in [0.15, 0.2) is 11.6 Å². The third kappa shape index (κ3) is 7.38. The number of halogens is 2. The van der Waals surface area contributed by atoms with Crippen molar-refractivity contribution < 1.29 is 32.6 Å². The van der Waals surface area contributed by atoms with Crippen LogP contribution in [0.2, 0.25) is 0 Å². The molecule has 2 aliphatic heterocycles. The first-order chi connectivity index (χ1) is 17.4. The second-order valence-corrected chi connectivity index (χ2v) is 8.14. The van der Waals surface area contributed by atoms with Gasteiger partial charge in [-0.1, -0.05) is 24.3 Å². The number of hydrogen-bond donors (Lipinski definition) is 2. The quantitative estimate of drug-likeness (QED) is 0.461. The minimum absolute atomic E-state index is 0.252. The Morgan fingerprint density at radius 1 is 1.00 bits per heavy atom. The first-order valence-electron chi connectivity index (χ1n) is 11.7. The van der Waals surface area contributed by atoms with E-state index < -0.39 is 23.8 Å². The van der Waals surface area contributed by atoms with Crippen LogP contribution in [-0.2, 0) is 9.47 Å². The average Bonchev–Trinajstić information content (AvgIpc) is 3.34. The number of anilines is 1. The molecule has 36 heavy (non-hydrogen) atoms. The van der Waals surface area contributed by atoms with Gasteiger partial charge in [-0.2, -0.15) is 0 Å². The van der Waals surface area contributed by atoms with Crippen molar-refractivity contribution in [1.82, 2.24) is 15.5 Å². The van der Waals surface area contributed by atoms with Crippen LogP contribution in [0.15, 0.2) is 48.5 Å². The van der Waals surface area contributed by atoms with Gasteiger partial charge in [-0.05, 0) is 37.1 Å². The average molecular weight is 505 g/mol. The van der Waals surface area contributed by atoms with Crippen LogP contribution in [0.4, 0.5) is 24.1 Å². The Labute approximate surface area is 208 Å². The van der Waals surface area contributed by atoms with Crippen LogP contribution in [0, 0.1) is 11.6 Å². The van der Waals surface area contributed by atoms with Gasteiger partial charge < -0.3 is 25.0 Å². The number of hydrogen-bond acceptors (Lipinski definition) is 7. The van der Waals surface area contributed by atoms with Crippen LogP contribution in [-0.4, -0.2) is 75.5 Å². The number of cyclic esters (lactones) is 1. The van der Waals surface area contributed by atoms with Gasteiger partial charge in [0.2, 0.25) is 0 Å². The molecule has 0 radical (unpaired) electrons. The van der Waals surface area contributed by atoms with Crippen LogP contribution in [0.1, 0.15) is 23.2 Å². The number of urea groups is 1. The standard InChI is InChI=1S/C19H26N4O5.C6H4F2/c1-27-17(24)15-4-2-3-5-16(15)22-10-6-14(7-11-22)20-8-9-21-18(25)23-12-13-28-19(23)26;7-5-3-1-2-4-6(5)8/h2-5,14,20H,6-13H2,1H3,(H,21,25);1-4H. The first-order valence-corrected chi connectivity index (χ1v) is 11.7. The van der Waals surface area contributed by atoms with Crippen molar-refractivity contribution in [3.63, 3.8) is 0 Å². The highest BCUT2D eigenvalue weighted by molar-refractivity contribution is 5.95. The molecular weight excluding hydrogens is 474 g/mol. The number of benzene rings is 2. The monoisotopic (exact) mass is 504 g/mol. The number of amides is 3. The lowest BCUT2D eigenvalue weighted by molar-refractivity contribution is 0.0601. The highest BCUT2D eigenvalue weighted by Crippen LogP contribution is 2.24. The number of methoxy groups -OCH3 is 1. The number of piperidine rings is 1. The molecule has 0 aromatic heterocycles. The van der Waals surface area contributed by atoms with E-state index >= 15 is 0 Å². The maximum Gasteiger partial charge on any atom is 0.418 e. The summed E-state index contributed by atoms with van der Waals surface area (Å²) < 4.78 is 33.5. The Morgan fingerprint density at radius 3 is 2.22 bits per heavy atom. The molecule has 2 N–H and O–H groups in total. The van der Waals surface area contributed by atoms with Crippen molar-refractivity contribution in [2.75, 3.05) is 51.3 Å². The van der Waals surface area contributed by atoms with Crippen molar-refractivity contribution in [2.24, 2.45) is 0 Å². The number of ether oxygens (including phenoxy) is 2. The van der Waals surface area contributed by atoms with E-state index in [0.717, 1.165) is 48.7 Å². The smallest absolute Gasteiger partial charge is 0.418 e. The van der Waals surface area contributed by atoms with E-state index in [1.165, 1.54) is 19.2 Å². The van der Waals surface area contributed by atoms with Gasteiger partial charge in [0.1, 0.15) is 6.61 Å². The third-order valence-corrected chi connectivity index (χ3v) is 5.81. The Morgan fingerprint density at radius 2 is 1.64 bits per heavy atom. The SMILES string of the molecule is COC(=O)c1ccccc1N1CCC(NCCNC(=O)N2CCOC2=O)CC1.Fc1ccccc1F. The zero-order valence-electron chi connectivity index (χ0n) is 20.0. The lowest BCUT2D eigenvalue weighted by Crippen LogP contribution is -2.46. The van der Waals surface area contributed by atoms with Gasteiger partial charge >= 0.3 is 18.1 Å². The van der Waals surface area contributed by atoms with E-state index in [2.05, 4.69) is 15.5 Å². The van der Waals surface area contributed by atoms with E-state index in [1.807, 2.05) is 18.2 Å². The second kappa shape index (κ2) is 13.4. The lowest BCUT2D eigenvalue weighted by atomic mass is 10.0. The molecule has 0 saturated carbocycles. The number of nitrogens with one attached hydrogen (secondary N) is 2. The molecule has 3 amide bonds. The Bertz CT molecular complexity index is 1030. The van der Waals surface area contributed by atoms with Crippen LogP contribution in [0.5, 0.6) is 0 Å². The molecule has 0 atom stereocenters. The number of rotatable bonds is 6. The van der Waals surface area contributed by atoms with E-state index in [4.69, 9.17) is 9.47 Å². The number of nitrogens with zero attached hydrogens (tertiary/aromatic N) is 2. The zero-order chi connectivity index (χ0) is 25.9. The molecule has 194 valence electrons. The predicted octanol–water partition coefficient (Wildman–Crippen LogP) is 3.16. The fourth-order valence-corrected chi connectivity index (χ4v) is 3.91. The molecule has 2 aromatic rings. The number of para-hydroxylation sites is 1. The normalized spacial score (nSPS) is 15.6. The molecule has 0 bridgehead atoms. The van der Waals surface area contributed by atoms with Crippen molar-refractivity contribution in [1.29, 1.82) is 0 Å². The molecule has 2 aromatic carbocycles. The second-order valence-electron chi connectivity index (χ2n) is 8.14. The van der Waals surface area contributed by atoms with Gasteiger partial charge in [-0.25, -0.2) is 28.1 Å². The Balaban J connectivity index is 0.000000383. The zero-order valence-corrected chi connectivity index (χ0v) is 20.0. The summed E-state index contributed by atoms with van der Waals surface area (Å²) in [5.41, 5.74) is 1.48. The van der Waals surface area contributed by atoms with E-state index in [-0.39, 0.29) is 12.6 Å². The molecule has 0 spiro atoms. The van der Waals surface area contributed by atoms with Gasteiger partial charge in [0, 0.05) is 32.2 Å². The largest absolute Gasteiger partial charge is 0.465 e. The number of imide groups is 1. The van der Waals surface area contributed by atoms with Gasteiger partial charge in [-0.15, -0.1) is 0 Å². The minimum Gasteiger partial charge on any atom is -0.465 e. The summed E-state index contributed by atoms with van der Waals surface area (Å²) in [7, 11) is 1.39. The molecule has 2 saturated heterocycles. The van der Waals surface area contributed by atoms with Crippen LogP contribution in [0.25, 0.3) is 0 Å². The molecule has 2 heterocycles. The summed E-state index contributed by atoms with van der Waals surface area (Å²) in [5.74, 6) is -1.92. The third-order valence-electron chi connectivity index (χ3n) is 5.81. The van der Waals surface area contributed by atoms with Crippen LogP contribution in [0.3, 0.4) is 0 Å². The molecular formula is C25H30F2N4O5. The maximum absolute atomic E-state index is 12.0. The predicted molar refractivity (Wildman–Crippen MR) is 129 cm³/mol. The Kier molecular flexibility index (Phi) is 9.99. The van der Waals surface area contributed by atoms with Gasteiger partial charge in [-0.3, -0.25) is 0 Å². The molecule has 0 aliphatic carbocycles. The summed E-state index contributed by atoms with van der Waals surface area (Å²) >= 11 is 0. The highest BCUT2D eigenvalue weighted by atomic mass is 19.2. The minimum atomic E-state index is -0.799. The molecule has 2 aliphatic rings. The number of carbonyl (C=O) groups is 3. The summed E-state index contributed by atoms with van der Waals surface area (Å²) in [5, 5.41) is 6.15. The van der Waals surface area contributed by atoms with E-state index in [9.17, 15) is 23.2 Å². The van der Waals surface area contributed by atoms with Gasteiger partial charge in [0.25, 0.3) is 0 Å². The van der Waals surface area contributed by atoms with E-state index in [0.29, 0.717) is 31.2 Å². The van der Waals surface area contributed by atoms with Crippen LogP contribution >= 0.6 is 0 Å². The lowest BCUT2D eigenvalue weighted by Gasteiger charge is -2.34. The molecule has 4 rings (SSSR count). The maximum atomic E-state index is 12.0. The molecule has 9 nitrogen and oxygen atoms in total. The number of carbonyl (C=O) groups excluding carboxylic acids is 3. The Hall–Kier alpha value is -3.73. The first kappa shape index (κ1) is 26.9. The van der Waals surface area contributed by atoms with Crippen molar-refractivity contribution in [2.45, 2.75) is 18.9 Å². The fourth-order valence-electron chi connectivity index (χ4n) is 3.91. The van der Waals surface area contributed by atoms with E-state index in [1.54, 1.807) is 6.07 Å². The van der Waals surface area contributed by atoms with Crippen LogP contribution < -0.4 is 15.5 Å². The van der Waals surface area contributed by atoms with Crippen molar-refractivity contribution >= 4 is 23.8 Å². The highest BCUT2D eigenvalue weighted by Gasteiger charge is 2.28. The summed E-state index contributed by atoms with van der Waals surface area (Å²) in [6.07, 6.45) is 1.27. The fraction of sp³-hybridized carbons (Fsp3) is 0.400. The molecule has 0 unspecified atom stereocenters. The van der Waals surface area contributed by atoms with Crippen molar-refractivity contribution in [3.05, 3.63) is 65.7 Å². The summed E-state index contributed by atoms with van der Waals surface area (Å²) in [4.78, 5) is 38.4. The number of esters is 1. The van der Waals surface area contributed by atoms with Crippen molar-refractivity contribution in [3.8, 4) is 0 Å². The molecule has 11 heteroatoms.